The van der Waals surface area contributed by atoms with Crippen molar-refractivity contribution in [1.29, 1.82) is 0 Å². The van der Waals surface area contributed by atoms with Crippen molar-refractivity contribution in [2.75, 3.05) is 13.7 Å². The Hall–Kier alpha value is -0.820. The van der Waals surface area contributed by atoms with E-state index in [1.54, 1.807) is 19.9 Å². The van der Waals surface area contributed by atoms with E-state index in [0.29, 0.717) is 5.75 Å². The van der Waals surface area contributed by atoms with Crippen molar-refractivity contribution in [2.24, 2.45) is 5.73 Å². The third-order valence-electron chi connectivity index (χ3n) is 2.80. The van der Waals surface area contributed by atoms with Crippen molar-refractivity contribution in [3.63, 3.8) is 0 Å². The van der Waals surface area contributed by atoms with Crippen LogP contribution in [0.25, 0.3) is 0 Å². The molecule has 0 spiro atoms. The second-order valence-electron chi connectivity index (χ2n) is 5.31. The Kier molecular flexibility index (Phi) is 6.48. The van der Waals surface area contributed by atoms with E-state index in [1.165, 1.54) is 7.11 Å². The minimum absolute atomic E-state index is 0. The quantitative estimate of drug-likeness (QED) is 0.865. The molecular formula is C13H23ClN2O3S. The summed E-state index contributed by atoms with van der Waals surface area (Å²) in [7, 11) is -2.21. The number of hydrogen-bond acceptors (Lipinski definition) is 4. The van der Waals surface area contributed by atoms with Crippen molar-refractivity contribution >= 4 is 22.4 Å². The van der Waals surface area contributed by atoms with Crippen LogP contribution in [-0.2, 0) is 10.0 Å². The molecule has 0 atom stereocenters. The largest absolute Gasteiger partial charge is 0.495 e. The van der Waals surface area contributed by atoms with Gasteiger partial charge in [-0.15, -0.1) is 12.4 Å². The maximum Gasteiger partial charge on any atom is 0.244 e. The summed E-state index contributed by atoms with van der Waals surface area (Å²) >= 11 is 0. The molecular weight excluding hydrogens is 300 g/mol. The summed E-state index contributed by atoms with van der Waals surface area (Å²) in [5.74, 6) is 0.367. The smallest absolute Gasteiger partial charge is 0.244 e. The topological polar surface area (TPSA) is 81.4 Å². The van der Waals surface area contributed by atoms with E-state index in [1.807, 2.05) is 19.9 Å². The lowest BCUT2D eigenvalue weighted by atomic mass is 10.1. The van der Waals surface area contributed by atoms with Gasteiger partial charge in [-0.3, -0.25) is 0 Å². The molecule has 116 valence electrons. The van der Waals surface area contributed by atoms with E-state index >= 15 is 0 Å². The molecule has 1 aromatic carbocycles. The van der Waals surface area contributed by atoms with Crippen molar-refractivity contribution in [3.8, 4) is 5.75 Å². The van der Waals surface area contributed by atoms with E-state index < -0.39 is 15.6 Å². The maximum absolute atomic E-state index is 12.4. The SMILES string of the molecule is COc1c(C)cc(C)cc1S(=O)(=O)NC(C)(C)CN.Cl. The van der Waals surface area contributed by atoms with E-state index in [-0.39, 0.29) is 23.8 Å². The lowest BCUT2D eigenvalue weighted by Crippen LogP contribution is -2.48. The number of nitrogens with one attached hydrogen (secondary N) is 1. The number of aryl methyl sites for hydroxylation is 2. The van der Waals surface area contributed by atoms with Gasteiger partial charge in [0.1, 0.15) is 10.6 Å². The van der Waals surface area contributed by atoms with E-state index in [9.17, 15) is 8.42 Å². The van der Waals surface area contributed by atoms with Gasteiger partial charge in [0.2, 0.25) is 10.0 Å². The van der Waals surface area contributed by atoms with Crippen molar-refractivity contribution in [2.45, 2.75) is 38.1 Å². The first-order valence-corrected chi connectivity index (χ1v) is 7.50. The third kappa shape index (κ3) is 4.34. The molecule has 20 heavy (non-hydrogen) atoms. The molecule has 0 fully saturated rings. The summed E-state index contributed by atoms with van der Waals surface area (Å²) in [5.41, 5.74) is 6.51. The molecule has 0 saturated heterocycles. The van der Waals surface area contributed by atoms with Gasteiger partial charge in [-0.05, 0) is 44.9 Å². The summed E-state index contributed by atoms with van der Waals surface area (Å²) < 4.78 is 32.7. The number of sulfonamides is 1. The molecule has 0 radical (unpaired) electrons. The average Bonchev–Trinajstić information content (AvgIpc) is 2.27. The number of benzene rings is 1. The fourth-order valence-electron chi connectivity index (χ4n) is 1.84. The van der Waals surface area contributed by atoms with Gasteiger partial charge in [0, 0.05) is 12.1 Å². The second-order valence-corrected chi connectivity index (χ2v) is 6.96. The monoisotopic (exact) mass is 322 g/mol. The number of rotatable bonds is 5. The van der Waals surface area contributed by atoms with Crippen LogP contribution in [-0.4, -0.2) is 27.6 Å². The fraction of sp³-hybridized carbons (Fsp3) is 0.538. The Morgan fingerprint density at radius 1 is 1.30 bits per heavy atom. The van der Waals surface area contributed by atoms with Crippen LogP contribution in [0.15, 0.2) is 17.0 Å². The molecule has 0 aromatic heterocycles. The minimum atomic E-state index is -3.67. The highest BCUT2D eigenvalue weighted by Gasteiger charge is 2.28. The summed E-state index contributed by atoms with van der Waals surface area (Å²) in [6.07, 6.45) is 0. The number of hydrogen-bond donors (Lipinski definition) is 2. The molecule has 0 aliphatic carbocycles. The normalized spacial score (nSPS) is 11.9. The van der Waals surface area contributed by atoms with Gasteiger partial charge in [-0.25, -0.2) is 13.1 Å². The molecule has 0 heterocycles. The van der Waals surface area contributed by atoms with Crippen LogP contribution in [0.4, 0.5) is 0 Å². The Bertz CT molecular complexity index is 571. The molecule has 0 unspecified atom stereocenters. The first kappa shape index (κ1) is 19.2. The van der Waals surface area contributed by atoms with Crippen LogP contribution in [0.3, 0.4) is 0 Å². The first-order chi connectivity index (χ1) is 8.63. The number of nitrogens with two attached hydrogens (primary N) is 1. The lowest BCUT2D eigenvalue weighted by molar-refractivity contribution is 0.397. The predicted octanol–water partition coefficient (Wildman–Crippen LogP) is 1.75. The van der Waals surface area contributed by atoms with Crippen LogP contribution in [0, 0.1) is 13.8 Å². The van der Waals surface area contributed by atoms with E-state index in [4.69, 9.17) is 10.5 Å². The van der Waals surface area contributed by atoms with E-state index in [0.717, 1.165) is 11.1 Å². The molecule has 0 saturated carbocycles. The Morgan fingerprint density at radius 3 is 2.30 bits per heavy atom. The molecule has 0 amide bonds. The van der Waals surface area contributed by atoms with Crippen LogP contribution in [0.2, 0.25) is 0 Å². The van der Waals surface area contributed by atoms with Crippen LogP contribution < -0.4 is 15.2 Å². The van der Waals surface area contributed by atoms with Gasteiger partial charge in [0.15, 0.2) is 0 Å². The zero-order valence-electron chi connectivity index (χ0n) is 12.5. The first-order valence-electron chi connectivity index (χ1n) is 6.02. The molecule has 0 aliphatic heterocycles. The van der Waals surface area contributed by atoms with Gasteiger partial charge in [0.25, 0.3) is 0 Å². The van der Waals surface area contributed by atoms with Crippen molar-refractivity contribution < 1.29 is 13.2 Å². The highest BCUT2D eigenvalue weighted by molar-refractivity contribution is 7.89. The molecule has 5 nitrogen and oxygen atoms in total. The highest BCUT2D eigenvalue weighted by atomic mass is 35.5. The van der Waals surface area contributed by atoms with Gasteiger partial charge < -0.3 is 10.5 Å². The standard InChI is InChI=1S/C13H22N2O3S.ClH/c1-9-6-10(2)12(18-5)11(7-9)19(16,17)15-13(3,4)8-14;/h6-7,15H,8,14H2,1-5H3;1H. The average molecular weight is 323 g/mol. The third-order valence-corrected chi connectivity index (χ3v) is 4.50. The van der Waals surface area contributed by atoms with Gasteiger partial charge in [-0.1, -0.05) is 6.07 Å². The van der Waals surface area contributed by atoms with Crippen LogP contribution in [0.1, 0.15) is 25.0 Å². The molecule has 0 aliphatic rings. The fourth-order valence-corrected chi connectivity index (χ4v) is 3.59. The molecule has 0 bridgehead atoms. The zero-order chi connectivity index (χ0) is 14.8. The zero-order valence-corrected chi connectivity index (χ0v) is 14.1. The van der Waals surface area contributed by atoms with Gasteiger partial charge in [0.05, 0.1) is 7.11 Å². The molecule has 1 aromatic rings. The lowest BCUT2D eigenvalue weighted by Gasteiger charge is -2.25. The molecule has 1 rings (SSSR count). The van der Waals surface area contributed by atoms with Gasteiger partial charge in [-0.2, -0.15) is 0 Å². The summed E-state index contributed by atoms with van der Waals surface area (Å²) in [4.78, 5) is 0.147. The Labute approximate surface area is 127 Å². The summed E-state index contributed by atoms with van der Waals surface area (Å²) in [5, 5.41) is 0. The minimum Gasteiger partial charge on any atom is -0.495 e. The number of methoxy groups -OCH3 is 1. The Morgan fingerprint density at radius 2 is 1.85 bits per heavy atom. The number of halogens is 1. The number of ether oxygens (including phenoxy) is 1. The van der Waals surface area contributed by atoms with Gasteiger partial charge >= 0.3 is 0 Å². The van der Waals surface area contributed by atoms with Crippen LogP contribution >= 0.6 is 12.4 Å². The van der Waals surface area contributed by atoms with Crippen molar-refractivity contribution in [1.82, 2.24) is 4.72 Å². The predicted molar refractivity (Wildman–Crippen MR) is 83.2 cm³/mol. The van der Waals surface area contributed by atoms with Crippen LogP contribution in [0.5, 0.6) is 5.75 Å². The summed E-state index contributed by atoms with van der Waals surface area (Å²) in [6.45, 7) is 7.34. The molecule has 7 heteroatoms. The maximum atomic E-state index is 12.4. The highest BCUT2D eigenvalue weighted by Crippen LogP contribution is 2.29. The summed E-state index contributed by atoms with van der Waals surface area (Å²) in [6, 6.07) is 3.48. The van der Waals surface area contributed by atoms with Crippen molar-refractivity contribution in [3.05, 3.63) is 23.3 Å². The Balaban J connectivity index is 0.00000361. The van der Waals surface area contributed by atoms with E-state index in [2.05, 4.69) is 4.72 Å². The second kappa shape index (κ2) is 6.76. The molecule has 3 N–H and O–H groups in total.